The van der Waals surface area contributed by atoms with Crippen LogP contribution in [-0.2, 0) is 13.6 Å². The molecule has 0 unspecified atom stereocenters. The highest BCUT2D eigenvalue weighted by atomic mass is 19.1. The molecule has 2 rings (SSSR count). The first-order valence-electron chi connectivity index (χ1n) is 5.50. The van der Waals surface area contributed by atoms with Crippen LogP contribution in [0.2, 0.25) is 0 Å². The fourth-order valence-electron chi connectivity index (χ4n) is 1.66. The topological polar surface area (TPSA) is 60.0 Å². The molecule has 0 radical (unpaired) electrons. The van der Waals surface area contributed by atoms with E-state index in [-0.39, 0.29) is 5.56 Å². The molecule has 18 heavy (non-hydrogen) atoms. The maximum Gasteiger partial charge on any atom is 0.254 e. The molecular formula is C13H14FN3O. The minimum atomic E-state index is -0.611. The van der Waals surface area contributed by atoms with Gasteiger partial charge in [-0.1, -0.05) is 0 Å². The Kier molecular flexibility index (Phi) is 3.32. The zero-order valence-corrected chi connectivity index (χ0v) is 9.98. The zero-order chi connectivity index (χ0) is 13.1. The molecular weight excluding hydrogens is 233 g/mol. The Labute approximate surface area is 104 Å². The average molecular weight is 247 g/mol. The van der Waals surface area contributed by atoms with Crippen LogP contribution in [0, 0.1) is 5.82 Å². The van der Waals surface area contributed by atoms with Gasteiger partial charge in [-0.05, 0) is 29.8 Å². The standard InChI is InChI=1S/C13H14FN3O/c1-17-5-4-9(8-17)7-16-13(18)11-3-2-10(15)6-12(11)14/h2-6,8H,7,15H2,1H3,(H,16,18). The van der Waals surface area contributed by atoms with Crippen molar-refractivity contribution >= 4 is 11.6 Å². The van der Waals surface area contributed by atoms with Crippen molar-refractivity contribution in [3.05, 3.63) is 53.6 Å². The fraction of sp³-hybridized carbons (Fsp3) is 0.154. The lowest BCUT2D eigenvalue weighted by molar-refractivity contribution is 0.0947. The summed E-state index contributed by atoms with van der Waals surface area (Å²) >= 11 is 0. The van der Waals surface area contributed by atoms with Crippen LogP contribution >= 0.6 is 0 Å². The van der Waals surface area contributed by atoms with E-state index in [1.54, 1.807) is 0 Å². The van der Waals surface area contributed by atoms with Gasteiger partial charge in [0.2, 0.25) is 0 Å². The van der Waals surface area contributed by atoms with E-state index in [1.807, 2.05) is 30.1 Å². The molecule has 0 bridgehead atoms. The Morgan fingerprint density at radius 3 is 2.83 bits per heavy atom. The molecule has 0 aliphatic carbocycles. The maximum absolute atomic E-state index is 13.5. The Morgan fingerprint density at radius 2 is 2.22 bits per heavy atom. The molecule has 0 aliphatic rings. The van der Waals surface area contributed by atoms with E-state index in [1.165, 1.54) is 12.1 Å². The van der Waals surface area contributed by atoms with E-state index < -0.39 is 11.7 Å². The summed E-state index contributed by atoms with van der Waals surface area (Å²) in [5.41, 5.74) is 6.68. The van der Waals surface area contributed by atoms with E-state index in [2.05, 4.69) is 5.32 Å². The van der Waals surface area contributed by atoms with Crippen LogP contribution in [0.4, 0.5) is 10.1 Å². The summed E-state index contributed by atoms with van der Waals surface area (Å²) in [6, 6.07) is 5.91. The minimum Gasteiger partial charge on any atom is -0.399 e. The van der Waals surface area contributed by atoms with E-state index in [0.29, 0.717) is 12.2 Å². The van der Waals surface area contributed by atoms with Gasteiger partial charge in [0.15, 0.2) is 0 Å². The Hall–Kier alpha value is -2.30. The van der Waals surface area contributed by atoms with Gasteiger partial charge in [0.1, 0.15) is 5.82 Å². The summed E-state index contributed by atoms with van der Waals surface area (Å²) in [7, 11) is 1.89. The van der Waals surface area contributed by atoms with Crippen LogP contribution in [0.25, 0.3) is 0 Å². The van der Waals surface area contributed by atoms with Gasteiger partial charge in [0.05, 0.1) is 5.56 Å². The number of carbonyl (C=O) groups excluding carboxylic acids is 1. The summed E-state index contributed by atoms with van der Waals surface area (Å²) in [6.07, 6.45) is 3.77. The molecule has 94 valence electrons. The molecule has 5 heteroatoms. The van der Waals surface area contributed by atoms with E-state index in [9.17, 15) is 9.18 Å². The van der Waals surface area contributed by atoms with Gasteiger partial charge in [-0.2, -0.15) is 0 Å². The van der Waals surface area contributed by atoms with Gasteiger partial charge in [-0.3, -0.25) is 4.79 Å². The van der Waals surface area contributed by atoms with Crippen molar-refractivity contribution in [2.24, 2.45) is 7.05 Å². The number of rotatable bonds is 3. The fourth-order valence-corrected chi connectivity index (χ4v) is 1.66. The Bertz CT molecular complexity index is 577. The van der Waals surface area contributed by atoms with Gasteiger partial charge in [-0.25, -0.2) is 4.39 Å². The Morgan fingerprint density at radius 1 is 1.44 bits per heavy atom. The molecule has 1 aromatic heterocycles. The third kappa shape index (κ3) is 2.68. The lowest BCUT2D eigenvalue weighted by Crippen LogP contribution is -2.23. The molecule has 3 N–H and O–H groups in total. The summed E-state index contributed by atoms with van der Waals surface area (Å²) in [6.45, 7) is 0.365. The lowest BCUT2D eigenvalue weighted by atomic mass is 10.2. The monoisotopic (exact) mass is 247 g/mol. The van der Waals surface area contributed by atoms with Crippen molar-refractivity contribution in [1.82, 2.24) is 9.88 Å². The number of hydrogen-bond donors (Lipinski definition) is 2. The number of nitrogens with two attached hydrogens (primary N) is 1. The smallest absolute Gasteiger partial charge is 0.254 e. The molecule has 0 saturated carbocycles. The largest absolute Gasteiger partial charge is 0.399 e. The number of amides is 1. The van der Waals surface area contributed by atoms with Crippen LogP contribution < -0.4 is 11.1 Å². The first kappa shape index (κ1) is 12.2. The van der Waals surface area contributed by atoms with Gasteiger partial charge >= 0.3 is 0 Å². The molecule has 1 aromatic carbocycles. The normalized spacial score (nSPS) is 10.3. The number of aryl methyl sites for hydroxylation is 1. The summed E-state index contributed by atoms with van der Waals surface area (Å²) < 4.78 is 15.4. The number of nitrogens with one attached hydrogen (secondary N) is 1. The maximum atomic E-state index is 13.5. The second-order valence-corrected chi connectivity index (χ2v) is 4.11. The van der Waals surface area contributed by atoms with Crippen molar-refractivity contribution in [1.29, 1.82) is 0 Å². The number of hydrogen-bond acceptors (Lipinski definition) is 2. The van der Waals surface area contributed by atoms with Gasteiger partial charge in [-0.15, -0.1) is 0 Å². The molecule has 0 aliphatic heterocycles. The van der Waals surface area contributed by atoms with Crippen LogP contribution in [0.1, 0.15) is 15.9 Å². The third-order valence-electron chi connectivity index (χ3n) is 2.58. The molecule has 0 fully saturated rings. The van der Waals surface area contributed by atoms with Gasteiger partial charge in [0, 0.05) is 31.7 Å². The highest BCUT2D eigenvalue weighted by Crippen LogP contribution is 2.11. The van der Waals surface area contributed by atoms with Crippen molar-refractivity contribution in [2.45, 2.75) is 6.54 Å². The summed E-state index contributed by atoms with van der Waals surface area (Å²) in [4.78, 5) is 11.8. The molecule has 0 spiro atoms. The summed E-state index contributed by atoms with van der Waals surface area (Å²) in [5.74, 6) is -1.06. The molecule has 1 amide bonds. The van der Waals surface area contributed by atoms with Crippen molar-refractivity contribution in [3.8, 4) is 0 Å². The summed E-state index contributed by atoms with van der Waals surface area (Å²) in [5, 5.41) is 2.66. The first-order valence-corrected chi connectivity index (χ1v) is 5.50. The van der Waals surface area contributed by atoms with Crippen LogP contribution in [-0.4, -0.2) is 10.5 Å². The molecule has 1 heterocycles. The predicted octanol–water partition coefficient (Wildman–Crippen LogP) is 1.68. The van der Waals surface area contributed by atoms with Crippen molar-refractivity contribution in [2.75, 3.05) is 5.73 Å². The van der Waals surface area contributed by atoms with Crippen LogP contribution in [0.15, 0.2) is 36.7 Å². The number of halogens is 1. The SMILES string of the molecule is Cn1ccc(CNC(=O)c2ccc(N)cc2F)c1. The average Bonchev–Trinajstić information content (AvgIpc) is 2.72. The number of aromatic nitrogens is 1. The zero-order valence-electron chi connectivity index (χ0n) is 9.98. The van der Waals surface area contributed by atoms with Crippen LogP contribution in [0.5, 0.6) is 0 Å². The van der Waals surface area contributed by atoms with E-state index >= 15 is 0 Å². The van der Waals surface area contributed by atoms with Crippen molar-refractivity contribution < 1.29 is 9.18 Å². The van der Waals surface area contributed by atoms with Gasteiger partial charge < -0.3 is 15.6 Å². The Balaban J connectivity index is 2.03. The minimum absolute atomic E-state index is 0.000121. The van der Waals surface area contributed by atoms with E-state index in [0.717, 1.165) is 11.6 Å². The number of nitrogen functional groups attached to an aromatic ring is 1. The van der Waals surface area contributed by atoms with Crippen LogP contribution in [0.3, 0.4) is 0 Å². The highest BCUT2D eigenvalue weighted by molar-refractivity contribution is 5.94. The number of benzene rings is 1. The second kappa shape index (κ2) is 4.91. The second-order valence-electron chi connectivity index (χ2n) is 4.11. The molecule has 0 atom stereocenters. The molecule has 0 saturated heterocycles. The molecule has 4 nitrogen and oxygen atoms in total. The lowest BCUT2D eigenvalue weighted by Gasteiger charge is -2.05. The highest BCUT2D eigenvalue weighted by Gasteiger charge is 2.11. The van der Waals surface area contributed by atoms with Crippen molar-refractivity contribution in [3.63, 3.8) is 0 Å². The number of anilines is 1. The first-order chi connectivity index (χ1) is 8.56. The quantitative estimate of drug-likeness (QED) is 0.811. The molecule has 2 aromatic rings. The third-order valence-corrected chi connectivity index (χ3v) is 2.58. The predicted molar refractivity (Wildman–Crippen MR) is 67.4 cm³/mol. The van der Waals surface area contributed by atoms with E-state index in [4.69, 9.17) is 5.73 Å². The van der Waals surface area contributed by atoms with Gasteiger partial charge in [0.25, 0.3) is 5.91 Å². The number of nitrogens with zero attached hydrogens (tertiary/aromatic N) is 1. The number of carbonyl (C=O) groups is 1.